The van der Waals surface area contributed by atoms with Crippen molar-refractivity contribution >= 4 is 56.6 Å². The third-order valence-corrected chi connectivity index (χ3v) is 8.97. The molecular weight excluding hydrogens is 505 g/mol. The molecule has 10 heteroatoms. The lowest BCUT2D eigenvalue weighted by Crippen LogP contribution is -2.53. The number of carbonyl (C=O) groups is 2. The van der Waals surface area contributed by atoms with Gasteiger partial charge in [-0.1, -0.05) is 23.2 Å². The van der Waals surface area contributed by atoms with Crippen molar-refractivity contribution in [2.75, 3.05) is 13.1 Å². The Morgan fingerprint density at radius 3 is 2.63 bits per heavy atom. The minimum atomic E-state index is -0.0986. The summed E-state index contributed by atoms with van der Waals surface area (Å²) in [6.07, 6.45) is 2.25. The molecule has 1 aromatic carbocycles. The first-order valence-electron chi connectivity index (χ1n) is 11.8. The second kappa shape index (κ2) is 8.78. The molecule has 182 valence electrons. The van der Waals surface area contributed by atoms with Crippen molar-refractivity contribution < 1.29 is 9.59 Å². The van der Waals surface area contributed by atoms with Gasteiger partial charge >= 0.3 is 0 Å². The van der Waals surface area contributed by atoms with E-state index in [1.807, 2.05) is 12.1 Å². The van der Waals surface area contributed by atoms with Crippen molar-refractivity contribution in [1.82, 2.24) is 25.1 Å². The fraction of sp³-hybridized carbons (Fsp3) is 0.440. The van der Waals surface area contributed by atoms with Crippen LogP contribution in [-0.2, 0) is 22.7 Å². The number of thiophene rings is 1. The van der Waals surface area contributed by atoms with Crippen LogP contribution in [0.1, 0.15) is 30.7 Å². The molecule has 1 saturated carbocycles. The first kappa shape index (κ1) is 23.3. The Hall–Kier alpha value is -2.10. The number of hydrogen-bond donors (Lipinski definition) is 1. The second-order valence-corrected chi connectivity index (χ2v) is 11.8. The number of nitrogens with zero attached hydrogens (tertiary/aromatic N) is 4. The van der Waals surface area contributed by atoms with Crippen LogP contribution in [0, 0.1) is 11.8 Å². The summed E-state index contributed by atoms with van der Waals surface area (Å²) in [5.74, 6) is -0.295. The number of aromatic nitrogens is 2. The molecule has 6 rings (SSSR count). The van der Waals surface area contributed by atoms with E-state index in [-0.39, 0.29) is 30.2 Å². The molecule has 3 fully saturated rings. The summed E-state index contributed by atoms with van der Waals surface area (Å²) < 4.78 is 0.896. The number of amides is 2. The molecule has 7 nitrogen and oxygen atoms in total. The van der Waals surface area contributed by atoms with Crippen LogP contribution >= 0.6 is 34.5 Å². The summed E-state index contributed by atoms with van der Waals surface area (Å²) in [5, 5.41) is 4.68. The number of carbonyl (C=O) groups excluding carboxylic acids is 2. The number of likely N-dealkylation sites (tertiary alicyclic amines) is 1. The normalized spacial score (nSPS) is 26.6. The van der Waals surface area contributed by atoms with Crippen LogP contribution in [-0.4, -0.2) is 56.8 Å². The number of imide groups is 1. The van der Waals surface area contributed by atoms with E-state index in [0.29, 0.717) is 35.1 Å². The van der Waals surface area contributed by atoms with Gasteiger partial charge in [0.15, 0.2) is 0 Å². The molecule has 2 amide bonds. The molecule has 0 bridgehead atoms. The maximum Gasteiger partial charge on any atom is 0.233 e. The van der Waals surface area contributed by atoms with Crippen LogP contribution in [0.5, 0.6) is 0 Å². The average Bonchev–Trinajstić information content (AvgIpc) is 3.46. The smallest absolute Gasteiger partial charge is 0.233 e. The van der Waals surface area contributed by atoms with Gasteiger partial charge in [-0.2, -0.15) is 0 Å². The predicted octanol–water partition coefficient (Wildman–Crippen LogP) is 4.35. The summed E-state index contributed by atoms with van der Waals surface area (Å²) in [5.41, 5.74) is 3.42. The van der Waals surface area contributed by atoms with Crippen molar-refractivity contribution in [1.29, 1.82) is 0 Å². The largest absolute Gasteiger partial charge is 0.311 e. The topological polar surface area (TPSA) is 78.4 Å². The molecule has 1 N–H and O–H groups in total. The number of benzene rings is 1. The Morgan fingerprint density at radius 2 is 1.86 bits per heavy atom. The molecule has 1 aliphatic carbocycles. The Bertz CT molecular complexity index is 1340. The fourth-order valence-corrected chi connectivity index (χ4v) is 6.89. The van der Waals surface area contributed by atoms with E-state index in [2.05, 4.69) is 34.0 Å². The zero-order valence-corrected chi connectivity index (χ0v) is 21.8. The molecular formula is C25H25Cl2N5O2S. The van der Waals surface area contributed by atoms with Gasteiger partial charge in [0.2, 0.25) is 11.8 Å². The fourth-order valence-electron chi connectivity index (χ4n) is 5.23. The number of piperazine rings is 1. The number of piperidine rings is 1. The van der Waals surface area contributed by atoms with E-state index in [9.17, 15) is 9.59 Å². The predicted molar refractivity (Wildman–Crippen MR) is 137 cm³/mol. The number of halogens is 2. The van der Waals surface area contributed by atoms with E-state index in [4.69, 9.17) is 23.2 Å². The average molecular weight is 530 g/mol. The van der Waals surface area contributed by atoms with Crippen LogP contribution in [0.2, 0.25) is 10.0 Å². The molecule has 2 unspecified atom stereocenters. The van der Waals surface area contributed by atoms with Crippen molar-refractivity contribution in [2.45, 2.75) is 45.4 Å². The summed E-state index contributed by atoms with van der Waals surface area (Å²) in [4.78, 5) is 38.8. The van der Waals surface area contributed by atoms with Crippen LogP contribution in [0.3, 0.4) is 0 Å². The molecule has 4 atom stereocenters. The van der Waals surface area contributed by atoms with Crippen molar-refractivity contribution in [3.63, 3.8) is 0 Å². The van der Waals surface area contributed by atoms with Gasteiger partial charge in [0, 0.05) is 52.2 Å². The summed E-state index contributed by atoms with van der Waals surface area (Å²) in [6.45, 7) is 7.20. The highest BCUT2D eigenvalue weighted by atomic mass is 35.5. The Labute approximate surface area is 217 Å². The zero-order valence-electron chi connectivity index (χ0n) is 19.4. The van der Waals surface area contributed by atoms with E-state index in [0.717, 1.165) is 45.0 Å². The van der Waals surface area contributed by atoms with Crippen molar-refractivity contribution in [3.05, 3.63) is 45.0 Å². The van der Waals surface area contributed by atoms with Gasteiger partial charge in [0.25, 0.3) is 0 Å². The van der Waals surface area contributed by atoms with Crippen molar-refractivity contribution in [2.24, 2.45) is 11.8 Å². The number of rotatable bonds is 5. The number of nitrogens with one attached hydrogen (secondary N) is 1. The molecule has 0 spiro atoms. The molecule has 3 aromatic rings. The summed E-state index contributed by atoms with van der Waals surface area (Å²) in [6, 6.07) is 6.41. The molecule has 2 aliphatic heterocycles. The van der Waals surface area contributed by atoms with Gasteiger partial charge in [-0.05, 0) is 44.0 Å². The first-order valence-corrected chi connectivity index (χ1v) is 13.4. The minimum absolute atomic E-state index is 0.0490. The van der Waals surface area contributed by atoms with Gasteiger partial charge in [0.05, 0.1) is 34.3 Å². The maximum absolute atomic E-state index is 12.5. The van der Waals surface area contributed by atoms with E-state index in [1.54, 1.807) is 12.4 Å². The standard InChI is InChI=1S/C25H25Cl2N5O2S/c1-12-8-31(13(2)7-28-12)10-19-16(3-14(26)4-20(19)27)22-23-21(29-11-30-22)5-15(35-23)9-32-24(33)17-6-18(17)25(32)34/h3-5,11-13,17-18,28H,6-10H2,1-2H3/t12-,13+,17?,18?/m1/s1. The lowest BCUT2D eigenvalue weighted by molar-refractivity contribution is -0.141. The van der Waals surface area contributed by atoms with Crippen LogP contribution in [0.15, 0.2) is 24.5 Å². The van der Waals surface area contributed by atoms with Crippen molar-refractivity contribution in [3.8, 4) is 11.3 Å². The lowest BCUT2D eigenvalue weighted by Gasteiger charge is -2.38. The number of fused-ring (bicyclic) bond motifs is 2. The lowest BCUT2D eigenvalue weighted by atomic mass is 10.0. The Morgan fingerprint density at radius 1 is 1.09 bits per heavy atom. The van der Waals surface area contributed by atoms with Crippen LogP contribution < -0.4 is 5.32 Å². The summed E-state index contributed by atoms with van der Waals surface area (Å²) >= 11 is 14.7. The molecule has 0 radical (unpaired) electrons. The van der Waals surface area contributed by atoms with Gasteiger partial charge in [-0.3, -0.25) is 19.4 Å². The quantitative estimate of drug-likeness (QED) is 0.495. The molecule has 35 heavy (non-hydrogen) atoms. The van der Waals surface area contributed by atoms with E-state index < -0.39 is 0 Å². The highest BCUT2D eigenvalue weighted by Crippen LogP contribution is 2.48. The molecule has 2 aromatic heterocycles. The molecule has 4 heterocycles. The summed E-state index contributed by atoms with van der Waals surface area (Å²) in [7, 11) is 0. The SMILES string of the molecule is C[C@@H]1CN(Cc2c(Cl)cc(Cl)cc2-c2ncnc3cc(CN4C(=O)C5CC5C4=O)sc23)[C@@H](C)CN1. The maximum atomic E-state index is 12.5. The third-order valence-electron chi connectivity index (χ3n) is 7.30. The highest BCUT2D eigenvalue weighted by Gasteiger charge is 2.58. The molecule has 3 aliphatic rings. The monoisotopic (exact) mass is 529 g/mol. The van der Waals surface area contributed by atoms with Crippen LogP contribution in [0.4, 0.5) is 0 Å². The first-order chi connectivity index (χ1) is 16.8. The number of hydrogen-bond acceptors (Lipinski definition) is 7. The van der Waals surface area contributed by atoms with Gasteiger partial charge in [-0.15, -0.1) is 11.3 Å². The highest BCUT2D eigenvalue weighted by molar-refractivity contribution is 7.19. The van der Waals surface area contributed by atoms with Gasteiger partial charge in [-0.25, -0.2) is 9.97 Å². The zero-order chi connectivity index (χ0) is 24.4. The minimum Gasteiger partial charge on any atom is -0.311 e. The van der Waals surface area contributed by atoms with E-state index >= 15 is 0 Å². The Kier molecular flexibility index (Phi) is 5.85. The van der Waals surface area contributed by atoms with E-state index in [1.165, 1.54) is 16.2 Å². The van der Waals surface area contributed by atoms with Gasteiger partial charge in [0.1, 0.15) is 6.33 Å². The van der Waals surface area contributed by atoms with Crippen LogP contribution in [0.25, 0.3) is 21.5 Å². The van der Waals surface area contributed by atoms with Gasteiger partial charge < -0.3 is 5.32 Å². The molecule has 2 saturated heterocycles. The Balaban J connectivity index is 1.38. The third kappa shape index (κ3) is 4.15. The second-order valence-electron chi connectivity index (χ2n) is 9.86.